The van der Waals surface area contributed by atoms with Gasteiger partial charge in [0.2, 0.25) is 0 Å². The number of methoxy groups -OCH3 is 2. The molecule has 6 nitrogen and oxygen atoms in total. The molecule has 0 unspecified atom stereocenters. The van der Waals surface area contributed by atoms with Crippen LogP contribution >= 0.6 is 0 Å². The molecule has 4 aromatic carbocycles. The Hall–Kier alpha value is -4.84. The van der Waals surface area contributed by atoms with E-state index in [1.165, 1.54) is 21.8 Å². The third-order valence-corrected chi connectivity index (χ3v) is 6.85. The molecule has 0 N–H and O–H groups in total. The van der Waals surface area contributed by atoms with E-state index in [9.17, 15) is 0 Å². The van der Waals surface area contributed by atoms with Crippen molar-refractivity contribution in [2.45, 2.75) is 13.5 Å². The number of aromatic nitrogens is 3. The summed E-state index contributed by atoms with van der Waals surface area (Å²) in [6.07, 6.45) is 3.89. The molecule has 0 saturated carbocycles. The number of fused-ring (bicyclic) bond motifs is 3. The molecule has 0 radical (unpaired) electrons. The molecule has 6 aromatic rings. The van der Waals surface area contributed by atoms with Crippen molar-refractivity contribution < 1.29 is 9.47 Å². The highest BCUT2D eigenvalue weighted by Crippen LogP contribution is 2.34. The first-order valence-electron chi connectivity index (χ1n) is 12.6. The molecule has 0 aliphatic rings. The highest BCUT2D eigenvalue weighted by atomic mass is 16.5. The maximum absolute atomic E-state index is 5.55. The Kier molecular flexibility index (Phi) is 6.14. The Morgan fingerprint density at radius 2 is 1.55 bits per heavy atom. The van der Waals surface area contributed by atoms with Crippen molar-refractivity contribution in [1.29, 1.82) is 0 Å². The summed E-state index contributed by atoms with van der Waals surface area (Å²) in [4.78, 5) is 4.89. The Bertz CT molecular complexity index is 1780. The topological polar surface area (TPSA) is 53.6 Å². The number of rotatable bonds is 7. The van der Waals surface area contributed by atoms with E-state index < -0.39 is 0 Å². The van der Waals surface area contributed by atoms with E-state index in [-0.39, 0.29) is 0 Å². The van der Waals surface area contributed by atoms with Gasteiger partial charge in [-0.15, -0.1) is 0 Å². The van der Waals surface area contributed by atoms with Crippen molar-refractivity contribution in [3.05, 3.63) is 103 Å². The number of hydrogen-bond acceptors (Lipinski definition) is 4. The molecule has 0 aliphatic heterocycles. The number of aliphatic imine (C=N–C) groups is 1. The number of nitrogens with zero attached hydrogens (tertiary/aromatic N) is 4. The number of para-hydroxylation sites is 2. The van der Waals surface area contributed by atoms with Crippen LogP contribution in [-0.4, -0.2) is 34.8 Å². The van der Waals surface area contributed by atoms with Crippen LogP contribution in [0.5, 0.6) is 11.5 Å². The fraction of sp³-hybridized carbons (Fsp3) is 0.125. The standard InChI is InChI=1S/C32H28N4O2/c1-4-35-28-13-9-8-12-26(28)27-19-24(15-16-29(27)35)33-20-23-21-36(25-10-6-5-7-11-25)34-32(23)22-14-17-30(37-2)31(18-22)38-3/h5-21H,4H2,1-3H3. The van der Waals surface area contributed by atoms with Gasteiger partial charge in [0.15, 0.2) is 11.5 Å². The summed E-state index contributed by atoms with van der Waals surface area (Å²) in [6.45, 7) is 3.10. The van der Waals surface area contributed by atoms with Crippen LogP contribution in [-0.2, 0) is 6.54 Å². The first-order chi connectivity index (χ1) is 18.7. The van der Waals surface area contributed by atoms with Crippen LogP contribution in [0, 0.1) is 0 Å². The van der Waals surface area contributed by atoms with Crippen molar-refractivity contribution in [2.24, 2.45) is 4.99 Å². The summed E-state index contributed by atoms with van der Waals surface area (Å²) < 4.78 is 15.2. The van der Waals surface area contributed by atoms with E-state index in [1.807, 2.05) is 65.6 Å². The number of hydrogen-bond donors (Lipinski definition) is 0. The third-order valence-electron chi connectivity index (χ3n) is 6.85. The Labute approximate surface area is 221 Å². The van der Waals surface area contributed by atoms with Gasteiger partial charge in [0.25, 0.3) is 0 Å². The molecular formula is C32H28N4O2. The van der Waals surface area contributed by atoms with Crippen LogP contribution in [0.1, 0.15) is 12.5 Å². The lowest BCUT2D eigenvalue weighted by Gasteiger charge is -2.09. The minimum Gasteiger partial charge on any atom is -0.493 e. The lowest BCUT2D eigenvalue weighted by atomic mass is 10.1. The lowest BCUT2D eigenvalue weighted by Crippen LogP contribution is -1.95. The SMILES string of the molecule is CCn1c2ccccc2c2cc(N=Cc3cn(-c4ccccc4)nc3-c3ccc(OC)c(OC)c3)ccc21. The summed E-state index contributed by atoms with van der Waals surface area (Å²) in [6, 6.07) is 30.8. The van der Waals surface area contributed by atoms with E-state index in [4.69, 9.17) is 19.6 Å². The largest absolute Gasteiger partial charge is 0.493 e. The summed E-state index contributed by atoms with van der Waals surface area (Å²) in [5.74, 6) is 1.33. The second-order valence-corrected chi connectivity index (χ2v) is 9.00. The summed E-state index contributed by atoms with van der Waals surface area (Å²) >= 11 is 0. The predicted octanol–water partition coefficient (Wildman–Crippen LogP) is 7.43. The second-order valence-electron chi connectivity index (χ2n) is 9.00. The summed E-state index contributed by atoms with van der Waals surface area (Å²) in [5, 5.41) is 7.37. The molecule has 0 bridgehead atoms. The summed E-state index contributed by atoms with van der Waals surface area (Å²) in [7, 11) is 3.27. The van der Waals surface area contributed by atoms with Crippen molar-refractivity contribution in [3.8, 4) is 28.4 Å². The molecule has 0 saturated heterocycles. The van der Waals surface area contributed by atoms with Gasteiger partial charge in [-0.2, -0.15) is 5.10 Å². The Balaban J connectivity index is 1.45. The molecule has 6 rings (SSSR count). The smallest absolute Gasteiger partial charge is 0.161 e. The molecule has 6 heteroatoms. The fourth-order valence-corrected chi connectivity index (χ4v) is 5.01. The average Bonchev–Trinajstić information content (AvgIpc) is 3.55. The third kappa shape index (κ3) is 4.10. The van der Waals surface area contributed by atoms with Crippen LogP contribution in [0.4, 0.5) is 5.69 Å². The van der Waals surface area contributed by atoms with Crippen LogP contribution < -0.4 is 9.47 Å². The first-order valence-corrected chi connectivity index (χ1v) is 12.6. The fourth-order valence-electron chi connectivity index (χ4n) is 5.01. The van der Waals surface area contributed by atoms with Gasteiger partial charge >= 0.3 is 0 Å². The highest BCUT2D eigenvalue weighted by molar-refractivity contribution is 6.09. The van der Waals surface area contributed by atoms with Gasteiger partial charge in [-0.1, -0.05) is 36.4 Å². The van der Waals surface area contributed by atoms with Gasteiger partial charge in [0.1, 0.15) is 5.69 Å². The van der Waals surface area contributed by atoms with Gasteiger partial charge < -0.3 is 14.0 Å². The van der Waals surface area contributed by atoms with E-state index in [2.05, 4.69) is 54.0 Å². The second kappa shape index (κ2) is 9.90. The molecule has 38 heavy (non-hydrogen) atoms. The highest BCUT2D eigenvalue weighted by Gasteiger charge is 2.15. The first kappa shape index (κ1) is 23.6. The molecule has 2 aromatic heterocycles. The number of aryl methyl sites for hydroxylation is 1. The van der Waals surface area contributed by atoms with E-state index in [0.717, 1.165) is 34.7 Å². The average molecular weight is 501 g/mol. The maximum atomic E-state index is 5.55. The minimum absolute atomic E-state index is 0.653. The maximum Gasteiger partial charge on any atom is 0.161 e. The molecular weight excluding hydrogens is 472 g/mol. The zero-order valence-electron chi connectivity index (χ0n) is 21.6. The molecule has 0 aliphatic carbocycles. The number of benzene rings is 4. The lowest BCUT2D eigenvalue weighted by molar-refractivity contribution is 0.355. The Morgan fingerprint density at radius 3 is 2.34 bits per heavy atom. The zero-order chi connectivity index (χ0) is 26.1. The van der Waals surface area contributed by atoms with Gasteiger partial charge in [-0.05, 0) is 61.5 Å². The minimum atomic E-state index is 0.653. The predicted molar refractivity (Wildman–Crippen MR) is 154 cm³/mol. The van der Waals surface area contributed by atoms with Crippen LogP contribution in [0.25, 0.3) is 38.8 Å². The van der Waals surface area contributed by atoms with Gasteiger partial charge in [-0.25, -0.2) is 4.68 Å². The molecule has 0 amide bonds. The molecule has 0 fully saturated rings. The molecule has 2 heterocycles. The number of ether oxygens (including phenoxy) is 2. The molecule has 0 spiro atoms. The molecule has 188 valence electrons. The van der Waals surface area contributed by atoms with E-state index in [0.29, 0.717) is 11.5 Å². The van der Waals surface area contributed by atoms with E-state index in [1.54, 1.807) is 14.2 Å². The van der Waals surface area contributed by atoms with E-state index >= 15 is 0 Å². The van der Waals surface area contributed by atoms with Gasteiger partial charge in [0.05, 0.1) is 25.6 Å². The van der Waals surface area contributed by atoms with Crippen LogP contribution in [0.3, 0.4) is 0 Å². The molecule has 0 atom stereocenters. The van der Waals surface area contributed by atoms with Gasteiger partial charge in [0, 0.05) is 51.9 Å². The van der Waals surface area contributed by atoms with Crippen molar-refractivity contribution in [2.75, 3.05) is 14.2 Å². The van der Waals surface area contributed by atoms with Crippen LogP contribution in [0.2, 0.25) is 0 Å². The zero-order valence-corrected chi connectivity index (χ0v) is 21.6. The van der Waals surface area contributed by atoms with Crippen molar-refractivity contribution >= 4 is 33.7 Å². The van der Waals surface area contributed by atoms with Crippen molar-refractivity contribution in [3.63, 3.8) is 0 Å². The Morgan fingerprint density at radius 1 is 0.789 bits per heavy atom. The van der Waals surface area contributed by atoms with Crippen molar-refractivity contribution in [1.82, 2.24) is 14.3 Å². The van der Waals surface area contributed by atoms with Crippen LogP contribution in [0.15, 0.2) is 102 Å². The normalized spacial score (nSPS) is 11.6. The van der Waals surface area contributed by atoms with Gasteiger partial charge in [-0.3, -0.25) is 4.99 Å². The quantitative estimate of drug-likeness (QED) is 0.214. The summed E-state index contributed by atoms with van der Waals surface area (Å²) in [5.41, 5.74) is 6.95. The monoisotopic (exact) mass is 500 g/mol.